The Hall–Kier alpha value is -3.88. The number of nitrogens with one attached hydrogen (secondary N) is 3. The minimum Gasteiger partial charge on any atom is -0.421 e. The lowest BCUT2D eigenvalue weighted by Crippen LogP contribution is -2.24. The van der Waals surface area contributed by atoms with Crippen molar-refractivity contribution in [2.45, 2.75) is 0 Å². The lowest BCUT2D eigenvalue weighted by molar-refractivity contribution is -0.384. The predicted octanol–water partition coefficient (Wildman–Crippen LogP) is 3.39. The van der Waals surface area contributed by atoms with Gasteiger partial charge in [0.15, 0.2) is 5.69 Å². The van der Waals surface area contributed by atoms with Crippen LogP contribution in [0.2, 0.25) is 0 Å². The highest BCUT2D eigenvalue weighted by molar-refractivity contribution is 6.05. The SMILES string of the molecule is CNc1c(NC(=O)Nc2cccc([N+](=O)[O-])c2)c(=O)oc2ccccc12. The topological polar surface area (TPSA) is 127 Å². The lowest BCUT2D eigenvalue weighted by Gasteiger charge is -2.12. The maximum absolute atomic E-state index is 12.2. The first-order chi connectivity index (χ1) is 12.5. The zero-order valence-corrected chi connectivity index (χ0v) is 13.6. The van der Waals surface area contributed by atoms with Gasteiger partial charge in [0.1, 0.15) is 5.58 Å². The number of nitro groups is 1. The van der Waals surface area contributed by atoms with Crippen molar-refractivity contribution < 1.29 is 14.1 Å². The highest BCUT2D eigenvalue weighted by atomic mass is 16.6. The summed E-state index contributed by atoms with van der Waals surface area (Å²) in [5, 5.41) is 19.2. The van der Waals surface area contributed by atoms with Gasteiger partial charge in [-0.05, 0) is 18.2 Å². The molecule has 0 aliphatic heterocycles. The van der Waals surface area contributed by atoms with Crippen LogP contribution in [0.3, 0.4) is 0 Å². The second kappa shape index (κ2) is 6.93. The Morgan fingerprint density at radius 2 is 1.85 bits per heavy atom. The Balaban J connectivity index is 1.90. The summed E-state index contributed by atoms with van der Waals surface area (Å²) in [7, 11) is 1.62. The summed E-state index contributed by atoms with van der Waals surface area (Å²) in [6.07, 6.45) is 0. The molecule has 0 aliphatic carbocycles. The Morgan fingerprint density at radius 3 is 2.58 bits per heavy atom. The fourth-order valence-corrected chi connectivity index (χ4v) is 2.50. The third-order valence-electron chi connectivity index (χ3n) is 3.62. The van der Waals surface area contributed by atoms with Gasteiger partial charge in [-0.15, -0.1) is 0 Å². The largest absolute Gasteiger partial charge is 0.421 e. The molecule has 3 N–H and O–H groups in total. The van der Waals surface area contributed by atoms with Crippen LogP contribution in [0.5, 0.6) is 0 Å². The van der Waals surface area contributed by atoms with Gasteiger partial charge in [0, 0.05) is 30.3 Å². The van der Waals surface area contributed by atoms with Crippen molar-refractivity contribution in [2.75, 3.05) is 23.0 Å². The standard InChI is InChI=1S/C17H14N4O5/c1-18-14-12-7-2-3-8-13(12)26-16(22)15(14)20-17(23)19-10-5-4-6-11(9-10)21(24)25/h2-9,18H,1H3,(H2,19,20,23). The summed E-state index contributed by atoms with van der Waals surface area (Å²) in [6, 6.07) is 11.6. The molecule has 0 fully saturated rings. The molecule has 9 heteroatoms. The molecule has 0 radical (unpaired) electrons. The van der Waals surface area contributed by atoms with E-state index >= 15 is 0 Å². The normalized spacial score (nSPS) is 10.3. The molecule has 0 saturated carbocycles. The van der Waals surface area contributed by atoms with E-state index in [1.54, 1.807) is 31.3 Å². The first-order valence-electron chi connectivity index (χ1n) is 7.55. The summed E-state index contributed by atoms with van der Waals surface area (Å²) in [5.41, 5.74) is 0.0609. The first-order valence-corrected chi connectivity index (χ1v) is 7.55. The molecular formula is C17H14N4O5. The van der Waals surface area contributed by atoms with Crippen molar-refractivity contribution in [3.8, 4) is 0 Å². The van der Waals surface area contributed by atoms with Crippen LogP contribution in [0, 0.1) is 10.1 Å². The Bertz CT molecular complexity index is 1060. The molecule has 0 saturated heterocycles. The molecule has 1 heterocycles. The number of para-hydroxylation sites is 1. The molecule has 132 valence electrons. The van der Waals surface area contributed by atoms with E-state index in [0.717, 1.165) is 0 Å². The van der Waals surface area contributed by atoms with E-state index in [2.05, 4.69) is 16.0 Å². The molecule has 0 unspecified atom stereocenters. The summed E-state index contributed by atoms with van der Waals surface area (Å²) in [6.45, 7) is 0. The number of hydrogen-bond donors (Lipinski definition) is 3. The van der Waals surface area contributed by atoms with Crippen molar-refractivity contribution in [1.29, 1.82) is 0 Å². The van der Waals surface area contributed by atoms with Gasteiger partial charge in [-0.25, -0.2) is 9.59 Å². The summed E-state index contributed by atoms with van der Waals surface area (Å²) in [4.78, 5) is 34.7. The van der Waals surface area contributed by atoms with Gasteiger partial charge in [0.2, 0.25) is 0 Å². The third kappa shape index (κ3) is 3.31. The average Bonchev–Trinajstić information content (AvgIpc) is 2.62. The number of fused-ring (bicyclic) bond motifs is 1. The van der Waals surface area contributed by atoms with Crippen molar-refractivity contribution in [2.24, 2.45) is 0 Å². The number of rotatable bonds is 4. The molecule has 0 bridgehead atoms. The van der Waals surface area contributed by atoms with Gasteiger partial charge in [-0.3, -0.25) is 15.4 Å². The van der Waals surface area contributed by atoms with E-state index in [1.165, 1.54) is 24.3 Å². The zero-order valence-electron chi connectivity index (χ0n) is 13.6. The molecule has 2 amide bonds. The minimum atomic E-state index is -0.732. The van der Waals surface area contributed by atoms with E-state index in [4.69, 9.17) is 4.42 Å². The van der Waals surface area contributed by atoms with Crippen LogP contribution in [0.25, 0.3) is 11.0 Å². The number of carbonyl (C=O) groups excluding carboxylic acids is 1. The summed E-state index contributed by atoms with van der Waals surface area (Å²) < 4.78 is 5.21. The number of hydrogen-bond acceptors (Lipinski definition) is 6. The fourth-order valence-electron chi connectivity index (χ4n) is 2.50. The molecular weight excluding hydrogens is 340 g/mol. The van der Waals surface area contributed by atoms with Crippen molar-refractivity contribution in [3.63, 3.8) is 0 Å². The van der Waals surface area contributed by atoms with E-state index < -0.39 is 16.6 Å². The van der Waals surface area contributed by atoms with E-state index in [-0.39, 0.29) is 17.1 Å². The van der Waals surface area contributed by atoms with Crippen LogP contribution in [0.4, 0.5) is 27.5 Å². The van der Waals surface area contributed by atoms with Crippen LogP contribution in [-0.2, 0) is 0 Å². The van der Waals surface area contributed by atoms with E-state index in [1.807, 2.05) is 0 Å². The number of non-ortho nitro benzene ring substituents is 1. The first kappa shape index (κ1) is 17.0. The number of amides is 2. The van der Waals surface area contributed by atoms with Crippen LogP contribution >= 0.6 is 0 Å². The lowest BCUT2D eigenvalue weighted by atomic mass is 10.2. The zero-order chi connectivity index (χ0) is 18.7. The van der Waals surface area contributed by atoms with Crippen LogP contribution in [-0.4, -0.2) is 18.0 Å². The van der Waals surface area contributed by atoms with Crippen LogP contribution in [0.15, 0.2) is 57.7 Å². The number of carbonyl (C=O) groups is 1. The molecule has 0 spiro atoms. The van der Waals surface area contributed by atoms with Crippen molar-refractivity contribution >= 4 is 39.7 Å². The van der Waals surface area contributed by atoms with E-state index in [0.29, 0.717) is 16.7 Å². The highest BCUT2D eigenvalue weighted by Crippen LogP contribution is 2.28. The fraction of sp³-hybridized carbons (Fsp3) is 0.0588. The highest BCUT2D eigenvalue weighted by Gasteiger charge is 2.16. The average molecular weight is 354 g/mol. The number of urea groups is 1. The molecule has 0 aliphatic rings. The van der Waals surface area contributed by atoms with Gasteiger partial charge in [0.25, 0.3) is 5.69 Å². The summed E-state index contributed by atoms with van der Waals surface area (Å²) >= 11 is 0. The number of nitrogens with zero attached hydrogens (tertiary/aromatic N) is 1. The summed E-state index contributed by atoms with van der Waals surface area (Å²) in [5.74, 6) is 0. The number of benzene rings is 2. The second-order valence-corrected chi connectivity index (χ2v) is 5.27. The van der Waals surface area contributed by atoms with Gasteiger partial charge in [-0.1, -0.05) is 18.2 Å². The monoisotopic (exact) mass is 354 g/mol. The molecule has 3 rings (SSSR count). The molecule has 0 atom stereocenters. The van der Waals surface area contributed by atoms with Gasteiger partial charge >= 0.3 is 11.7 Å². The number of anilines is 3. The Kier molecular flexibility index (Phi) is 4.52. The molecule has 2 aromatic carbocycles. The molecule has 9 nitrogen and oxygen atoms in total. The van der Waals surface area contributed by atoms with E-state index in [9.17, 15) is 19.7 Å². The maximum Gasteiger partial charge on any atom is 0.362 e. The molecule has 26 heavy (non-hydrogen) atoms. The second-order valence-electron chi connectivity index (χ2n) is 5.27. The third-order valence-corrected chi connectivity index (χ3v) is 3.62. The molecule has 3 aromatic rings. The number of nitro benzene ring substituents is 1. The van der Waals surface area contributed by atoms with Gasteiger partial charge in [-0.2, -0.15) is 0 Å². The van der Waals surface area contributed by atoms with Gasteiger partial charge < -0.3 is 15.1 Å². The Morgan fingerprint density at radius 1 is 1.08 bits per heavy atom. The quantitative estimate of drug-likeness (QED) is 0.374. The van der Waals surface area contributed by atoms with Gasteiger partial charge in [0.05, 0.1) is 10.6 Å². The molecule has 1 aromatic heterocycles. The minimum absolute atomic E-state index is 0.0610. The van der Waals surface area contributed by atoms with Crippen LogP contribution < -0.4 is 21.6 Å². The maximum atomic E-state index is 12.2. The predicted molar refractivity (Wildman–Crippen MR) is 97.8 cm³/mol. The van der Waals surface area contributed by atoms with Crippen LogP contribution in [0.1, 0.15) is 0 Å². The smallest absolute Gasteiger partial charge is 0.362 e. The van der Waals surface area contributed by atoms with Crippen molar-refractivity contribution in [3.05, 3.63) is 69.1 Å². The van der Waals surface area contributed by atoms with Crippen molar-refractivity contribution in [1.82, 2.24) is 0 Å². The Labute approximate surface area is 146 Å².